The minimum absolute atomic E-state index is 0.236. The summed E-state index contributed by atoms with van der Waals surface area (Å²) in [6.45, 7) is 6.57. The number of rotatable bonds is 3. The predicted octanol–water partition coefficient (Wildman–Crippen LogP) is 3.04. The monoisotopic (exact) mass is 336 g/mol. The van der Waals surface area contributed by atoms with E-state index in [0.717, 1.165) is 0 Å². The van der Waals surface area contributed by atoms with E-state index in [4.69, 9.17) is 5.26 Å². The van der Waals surface area contributed by atoms with Crippen molar-refractivity contribution in [3.8, 4) is 6.07 Å². The number of pyridine rings is 1. The van der Waals surface area contributed by atoms with E-state index in [2.05, 4.69) is 26.0 Å². The highest BCUT2D eigenvalue weighted by molar-refractivity contribution is 9.10. The van der Waals surface area contributed by atoms with E-state index in [1.54, 1.807) is 29.2 Å². The first-order valence-electron chi connectivity index (χ1n) is 6.43. The summed E-state index contributed by atoms with van der Waals surface area (Å²) >= 11 is 3.28. The molecule has 0 fully saturated rings. The molecular weight excluding hydrogens is 320 g/mol. The zero-order chi connectivity index (χ0) is 15.1. The third kappa shape index (κ3) is 3.44. The summed E-state index contributed by atoms with van der Waals surface area (Å²) in [6, 6.07) is 5.48. The summed E-state index contributed by atoms with van der Waals surface area (Å²) in [7, 11) is 0. The molecule has 6 heteroatoms. The van der Waals surface area contributed by atoms with Crippen LogP contribution >= 0.6 is 15.9 Å². The molecule has 0 aliphatic heterocycles. The summed E-state index contributed by atoms with van der Waals surface area (Å²) in [5.74, 6) is 0. The van der Waals surface area contributed by atoms with Crippen LogP contribution in [-0.2, 0) is 6.54 Å². The Morgan fingerprint density at radius 3 is 2.70 bits per heavy atom. The van der Waals surface area contributed by atoms with Crippen LogP contribution in [0.15, 0.2) is 29.1 Å². The molecule has 2 aromatic heterocycles. The van der Waals surface area contributed by atoms with E-state index in [1.165, 1.54) is 0 Å². The zero-order valence-corrected chi connectivity index (χ0v) is 13.3. The van der Waals surface area contributed by atoms with Gasteiger partial charge in [0, 0.05) is 30.1 Å². The summed E-state index contributed by atoms with van der Waals surface area (Å²) < 4.78 is 2.19. The fraction of sp³-hybridized carbons (Fsp3) is 0.357. The fourth-order valence-corrected chi connectivity index (χ4v) is 2.12. The predicted molar refractivity (Wildman–Crippen MR) is 80.0 cm³/mol. The van der Waals surface area contributed by atoms with Crippen molar-refractivity contribution in [1.82, 2.24) is 14.8 Å². The van der Waals surface area contributed by atoms with Crippen LogP contribution in [0.4, 0.5) is 0 Å². The number of hydrogen-bond donors (Lipinski definition) is 1. The quantitative estimate of drug-likeness (QED) is 0.874. The normalized spacial score (nSPS) is 11.2. The van der Waals surface area contributed by atoms with Gasteiger partial charge in [-0.15, -0.1) is 0 Å². The summed E-state index contributed by atoms with van der Waals surface area (Å²) in [5, 5.41) is 23.4. The van der Waals surface area contributed by atoms with Gasteiger partial charge in [-0.3, -0.25) is 4.68 Å². The lowest BCUT2D eigenvalue weighted by molar-refractivity contribution is 0.218. The van der Waals surface area contributed by atoms with Crippen molar-refractivity contribution >= 4 is 15.9 Å². The minimum atomic E-state index is -0.914. The molecule has 0 amide bonds. The first-order valence-corrected chi connectivity index (χ1v) is 7.22. The van der Waals surface area contributed by atoms with Crippen LogP contribution < -0.4 is 0 Å². The second-order valence-corrected chi connectivity index (χ2v) is 4.44. The first-order chi connectivity index (χ1) is 9.67. The van der Waals surface area contributed by atoms with Gasteiger partial charge in [-0.2, -0.15) is 10.4 Å². The molecule has 1 N–H and O–H groups in total. The Kier molecular flexibility index (Phi) is 6.36. The molecule has 1 unspecified atom stereocenters. The van der Waals surface area contributed by atoms with Crippen LogP contribution in [-0.4, -0.2) is 19.9 Å². The molecule has 2 aromatic rings. The molecule has 0 saturated heterocycles. The number of aliphatic hydroxyl groups is 1. The maximum absolute atomic E-state index is 10.3. The number of aryl methyl sites for hydroxylation is 1. The van der Waals surface area contributed by atoms with Crippen molar-refractivity contribution in [3.05, 3.63) is 46.0 Å². The van der Waals surface area contributed by atoms with Gasteiger partial charge in [0.05, 0.1) is 0 Å². The summed E-state index contributed by atoms with van der Waals surface area (Å²) in [5.41, 5.74) is 1.35. The molecule has 2 heterocycles. The Balaban J connectivity index is 0.000000956. The highest BCUT2D eigenvalue weighted by Gasteiger charge is 2.20. The second kappa shape index (κ2) is 7.78. The smallest absolute Gasteiger partial charge is 0.168 e. The summed E-state index contributed by atoms with van der Waals surface area (Å²) in [6.07, 6.45) is 2.40. The molecule has 0 aliphatic carbocycles. The molecule has 20 heavy (non-hydrogen) atoms. The maximum atomic E-state index is 10.3. The Labute approximate surface area is 127 Å². The van der Waals surface area contributed by atoms with Gasteiger partial charge in [-0.25, -0.2) is 4.98 Å². The zero-order valence-electron chi connectivity index (χ0n) is 11.7. The van der Waals surface area contributed by atoms with E-state index in [0.29, 0.717) is 22.3 Å². The van der Waals surface area contributed by atoms with Gasteiger partial charge in [-0.05, 0) is 28.9 Å². The van der Waals surface area contributed by atoms with Gasteiger partial charge >= 0.3 is 0 Å². The van der Waals surface area contributed by atoms with Gasteiger partial charge in [0.25, 0.3) is 0 Å². The first kappa shape index (κ1) is 16.3. The molecular formula is C14H17BrN4O. The van der Waals surface area contributed by atoms with Gasteiger partial charge in [-0.1, -0.05) is 19.9 Å². The standard InChI is InChI=1S/C12H11BrN4O.C2H6/c1-2-17-7-9(10(6-14)16-17)11(18)8-4-3-5-15-12(8)13;1-2/h3-5,7,11,18H,2H2,1H3;1-2H3. The van der Waals surface area contributed by atoms with Crippen LogP contribution in [0.2, 0.25) is 0 Å². The lowest BCUT2D eigenvalue weighted by Crippen LogP contribution is -2.02. The number of nitrogens with zero attached hydrogens (tertiary/aromatic N) is 4. The van der Waals surface area contributed by atoms with Crippen molar-refractivity contribution < 1.29 is 5.11 Å². The molecule has 1 atom stereocenters. The fourth-order valence-electron chi connectivity index (χ4n) is 1.66. The second-order valence-electron chi connectivity index (χ2n) is 3.69. The lowest BCUT2D eigenvalue weighted by Gasteiger charge is -2.10. The topological polar surface area (TPSA) is 74.7 Å². The van der Waals surface area contributed by atoms with Crippen molar-refractivity contribution in [2.45, 2.75) is 33.4 Å². The Morgan fingerprint density at radius 2 is 2.15 bits per heavy atom. The van der Waals surface area contributed by atoms with Gasteiger partial charge in [0.1, 0.15) is 16.8 Å². The third-order valence-electron chi connectivity index (χ3n) is 2.60. The van der Waals surface area contributed by atoms with E-state index in [9.17, 15) is 5.11 Å². The molecule has 0 saturated carbocycles. The van der Waals surface area contributed by atoms with Crippen LogP contribution in [0.25, 0.3) is 0 Å². The average Bonchev–Trinajstić information content (AvgIpc) is 2.92. The van der Waals surface area contributed by atoms with Gasteiger partial charge in [0.2, 0.25) is 0 Å². The Morgan fingerprint density at radius 1 is 1.45 bits per heavy atom. The molecule has 5 nitrogen and oxygen atoms in total. The Hall–Kier alpha value is -1.71. The van der Waals surface area contributed by atoms with Crippen LogP contribution in [0.5, 0.6) is 0 Å². The Bertz CT molecular complexity index is 603. The van der Waals surface area contributed by atoms with Gasteiger partial charge < -0.3 is 5.11 Å². The van der Waals surface area contributed by atoms with E-state index in [1.807, 2.05) is 26.8 Å². The highest BCUT2D eigenvalue weighted by Crippen LogP contribution is 2.28. The van der Waals surface area contributed by atoms with Crippen LogP contribution in [0.1, 0.15) is 43.7 Å². The minimum Gasteiger partial charge on any atom is -0.383 e. The summed E-state index contributed by atoms with van der Waals surface area (Å²) in [4.78, 5) is 4.05. The average molecular weight is 337 g/mol. The molecule has 0 aliphatic rings. The van der Waals surface area contributed by atoms with Gasteiger partial charge in [0.15, 0.2) is 5.69 Å². The molecule has 106 valence electrons. The van der Waals surface area contributed by atoms with Crippen LogP contribution in [0.3, 0.4) is 0 Å². The van der Waals surface area contributed by atoms with E-state index < -0.39 is 6.10 Å². The van der Waals surface area contributed by atoms with Crippen molar-refractivity contribution in [2.24, 2.45) is 0 Å². The largest absolute Gasteiger partial charge is 0.383 e. The number of aliphatic hydroxyl groups excluding tert-OH is 1. The number of hydrogen-bond acceptors (Lipinski definition) is 4. The number of nitriles is 1. The number of halogens is 1. The number of aromatic nitrogens is 3. The molecule has 2 rings (SSSR count). The van der Waals surface area contributed by atoms with Crippen LogP contribution in [0, 0.1) is 11.3 Å². The molecule has 0 spiro atoms. The SMILES string of the molecule is CC.CCn1cc(C(O)c2cccnc2Br)c(C#N)n1. The third-order valence-corrected chi connectivity index (χ3v) is 3.26. The van der Waals surface area contributed by atoms with E-state index in [-0.39, 0.29) is 5.69 Å². The lowest BCUT2D eigenvalue weighted by atomic mass is 10.0. The van der Waals surface area contributed by atoms with Crippen molar-refractivity contribution in [2.75, 3.05) is 0 Å². The molecule has 0 bridgehead atoms. The van der Waals surface area contributed by atoms with E-state index >= 15 is 0 Å². The molecule has 0 radical (unpaired) electrons. The highest BCUT2D eigenvalue weighted by atomic mass is 79.9. The molecule has 0 aromatic carbocycles. The van der Waals surface area contributed by atoms with Crippen molar-refractivity contribution in [1.29, 1.82) is 5.26 Å². The maximum Gasteiger partial charge on any atom is 0.168 e. The van der Waals surface area contributed by atoms with Crippen molar-refractivity contribution in [3.63, 3.8) is 0 Å².